The van der Waals surface area contributed by atoms with Gasteiger partial charge in [-0.3, -0.25) is 0 Å². The number of alkyl halides is 2. The third kappa shape index (κ3) is 3.40. The summed E-state index contributed by atoms with van der Waals surface area (Å²) in [7, 11) is 0. The molecule has 1 aliphatic heterocycles. The van der Waals surface area contributed by atoms with Crippen LogP contribution in [0.15, 0.2) is 24.3 Å². The third-order valence-corrected chi connectivity index (χ3v) is 3.07. The Morgan fingerprint density at radius 2 is 2.00 bits per heavy atom. The molecule has 1 aliphatic rings. The Morgan fingerprint density at radius 1 is 1.18 bits per heavy atom. The Hall–Kier alpha value is -1.16. The number of hydrogen-bond donors (Lipinski definition) is 1. The summed E-state index contributed by atoms with van der Waals surface area (Å²) in [5, 5.41) is 3.39. The fourth-order valence-electron chi connectivity index (χ4n) is 2.27. The van der Waals surface area contributed by atoms with Gasteiger partial charge in [0.25, 0.3) is 0 Å². The minimum absolute atomic E-state index is 0.132. The molecular weight excluding hydrogens is 224 g/mol. The maximum Gasteiger partial charge on any atom is 0.387 e. The molecule has 17 heavy (non-hydrogen) atoms. The van der Waals surface area contributed by atoms with E-state index < -0.39 is 6.61 Å². The number of benzene rings is 1. The van der Waals surface area contributed by atoms with Crippen LogP contribution in [0, 0.1) is 0 Å². The molecule has 94 valence electrons. The standard InChI is InChI=1S/C13H17F2NO/c14-13(15)17-12-8-4-3-6-10(12)11-7-2-1-5-9-16-11/h3-4,6,8,11,13,16H,1-2,5,7,9H2. The van der Waals surface area contributed by atoms with E-state index in [4.69, 9.17) is 0 Å². The van der Waals surface area contributed by atoms with Crippen molar-refractivity contribution in [2.45, 2.75) is 38.3 Å². The molecule has 1 N–H and O–H groups in total. The molecule has 0 aliphatic carbocycles. The van der Waals surface area contributed by atoms with Crippen LogP contribution in [0.2, 0.25) is 0 Å². The smallest absolute Gasteiger partial charge is 0.387 e. The van der Waals surface area contributed by atoms with Crippen LogP contribution >= 0.6 is 0 Å². The molecule has 1 saturated heterocycles. The summed E-state index contributed by atoms with van der Waals surface area (Å²) in [5.41, 5.74) is 0.842. The van der Waals surface area contributed by atoms with Crippen molar-refractivity contribution in [3.63, 3.8) is 0 Å². The SMILES string of the molecule is FC(F)Oc1ccccc1C1CCCCCN1. The number of ether oxygens (including phenoxy) is 1. The lowest BCUT2D eigenvalue weighted by Gasteiger charge is -2.19. The molecule has 2 rings (SSSR count). The Bertz CT molecular complexity index is 349. The maximum atomic E-state index is 12.3. The molecule has 0 amide bonds. The molecule has 0 saturated carbocycles. The molecule has 0 aromatic heterocycles. The van der Waals surface area contributed by atoms with Crippen LogP contribution in [0.5, 0.6) is 5.75 Å². The maximum absolute atomic E-state index is 12.3. The Morgan fingerprint density at radius 3 is 2.82 bits per heavy atom. The predicted octanol–water partition coefficient (Wildman–Crippen LogP) is 3.49. The first kappa shape index (κ1) is 12.3. The highest BCUT2D eigenvalue weighted by Crippen LogP contribution is 2.30. The second-order valence-electron chi connectivity index (χ2n) is 4.27. The predicted molar refractivity (Wildman–Crippen MR) is 62.3 cm³/mol. The van der Waals surface area contributed by atoms with Crippen molar-refractivity contribution in [2.75, 3.05) is 6.54 Å². The molecule has 1 aromatic carbocycles. The number of rotatable bonds is 3. The van der Waals surface area contributed by atoms with E-state index in [1.165, 1.54) is 6.42 Å². The molecular formula is C13H17F2NO. The van der Waals surface area contributed by atoms with Gasteiger partial charge in [0.05, 0.1) is 0 Å². The van der Waals surface area contributed by atoms with E-state index >= 15 is 0 Å². The molecule has 1 unspecified atom stereocenters. The van der Waals surface area contributed by atoms with Crippen molar-refractivity contribution in [3.8, 4) is 5.75 Å². The van der Waals surface area contributed by atoms with Crippen molar-refractivity contribution in [3.05, 3.63) is 29.8 Å². The molecule has 1 aromatic rings. The number of para-hydroxylation sites is 1. The van der Waals surface area contributed by atoms with E-state index in [2.05, 4.69) is 10.1 Å². The zero-order valence-electron chi connectivity index (χ0n) is 9.66. The minimum Gasteiger partial charge on any atom is -0.434 e. The lowest BCUT2D eigenvalue weighted by atomic mass is 10.0. The van der Waals surface area contributed by atoms with Crippen molar-refractivity contribution >= 4 is 0 Å². The quantitative estimate of drug-likeness (QED) is 0.874. The molecule has 2 nitrogen and oxygen atoms in total. The van der Waals surface area contributed by atoms with Gasteiger partial charge in [0.2, 0.25) is 0 Å². The van der Waals surface area contributed by atoms with E-state index in [9.17, 15) is 8.78 Å². The summed E-state index contributed by atoms with van der Waals surface area (Å²) >= 11 is 0. The second-order valence-corrected chi connectivity index (χ2v) is 4.27. The average molecular weight is 241 g/mol. The van der Waals surface area contributed by atoms with Crippen LogP contribution in [-0.2, 0) is 0 Å². The van der Waals surface area contributed by atoms with Gasteiger partial charge >= 0.3 is 6.61 Å². The summed E-state index contributed by atoms with van der Waals surface area (Å²) in [6.07, 6.45) is 4.44. The molecule has 4 heteroatoms. The molecule has 0 spiro atoms. The van der Waals surface area contributed by atoms with Crippen LogP contribution in [0.25, 0.3) is 0 Å². The Balaban J connectivity index is 2.17. The van der Waals surface area contributed by atoms with E-state index in [-0.39, 0.29) is 6.04 Å². The third-order valence-electron chi connectivity index (χ3n) is 3.07. The number of hydrogen-bond acceptors (Lipinski definition) is 2. The van der Waals surface area contributed by atoms with Gasteiger partial charge in [-0.15, -0.1) is 0 Å². The zero-order valence-corrected chi connectivity index (χ0v) is 9.66. The number of nitrogens with one attached hydrogen (secondary N) is 1. The fraction of sp³-hybridized carbons (Fsp3) is 0.538. The lowest BCUT2D eigenvalue weighted by molar-refractivity contribution is -0.0507. The topological polar surface area (TPSA) is 21.3 Å². The van der Waals surface area contributed by atoms with Crippen molar-refractivity contribution < 1.29 is 13.5 Å². The summed E-state index contributed by atoms with van der Waals surface area (Å²) in [4.78, 5) is 0. The van der Waals surface area contributed by atoms with Crippen LogP contribution in [-0.4, -0.2) is 13.2 Å². The molecule has 1 fully saturated rings. The van der Waals surface area contributed by atoms with Crippen LogP contribution in [0.3, 0.4) is 0 Å². The minimum atomic E-state index is -2.76. The van der Waals surface area contributed by atoms with Gasteiger partial charge in [-0.05, 0) is 25.5 Å². The van der Waals surface area contributed by atoms with Gasteiger partial charge in [0, 0.05) is 11.6 Å². The first-order chi connectivity index (χ1) is 8.27. The monoisotopic (exact) mass is 241 g/mol. The highest BCUT2D eigenvalue weighted by molar-refractivity contribution is 5.36. The van der Waals surface area contributed by atoms with E-state index in [1.807, 2.05) is 12.1 Å². The van der Waals surface area contributed by atoms with Gasteiger partial charge in [0.15, 0.2) is 0 Å². The summed E-state index contributed by atoms with van der Waals surface area (Å²) in [6.45, 7) is -1.82. The van der Waals surface area contributed by atoms with Gasteiger partial charge in [-0.25, -0.2) is 0 Å². The molecule has 0 bridgehead atoms. The van der Waals surface area contributed by atoms with E-state index in [0.717, 1.165) is 31.4 Å². The Labute approximate surface area is 100.0 Å². The summed E-state index contributed by atoms with van der Waals surface area (Å²) in [6, 6.07) is 7.18. The van der Waals surface area contributed by atoms with Crippen LogP contribution < -0.4 is 10.1 Å². The summed E-state index contributed by atoms with van der Waals surface area (Å²) in [5.74, 6) is 0.293. The summed E-state index contributed by atoms with van der Waals surface area (Å²) < 4.78 is 29.2. The first-order valence-corrected chi connectivity index (χ1v) is 6.04. The van der Waals surface area contributed by atoms with Crippen LogP contribution in [0.4, 0.5) is 8.78 Å². The van der Waals surface area contributed by atoms with Gasteiger partial charge in [-0.2, -0.15) is 8.78 Å². The highest BCUT2D eigenvalue weighted by atomic mass is 19.3. The normalized spacial score (nSPS) is 21.2. The lowest BCUT2D eigenvalue weighted by Crippen LogP contribution is -2.21. The van der Waals surface area contributed by atoms with Gasteiger partial charge < -0.3 is 10.1 Å². The highest BCUT2D eigenvalue weighted by Gasteiger charge is 2.18. The van der Waals surface area contributed by atoms with Gasteiger partial charge in [-0.1, -0.05) is 31.0 Å². The van der Waals surface area contributed by atoms with Crippen LogP contribution in [0.1, 0.15) is 37.3 Å². The second kappa shape index (κ2) is 5.96. The van der Waals surface area contributed by atoms with E-state index in [1.54, 1.807) is 12.1 Å². The van der Waals surface area contributed by atoms with Crippen molar-refractivity contribution in [2.24, 2.45) is 0 Å². The average Bonchev–Trinajstić information content (AvgIpc) is 2.57. The fourth-order valence-corrected chi connectivity index (χ4v) is 2.27. The van der Waals surface area contributed by atoms with E-state index in [0.29, 0.717) is 5.75 Å². The first-order valence-electron chi connectivity index (χ1n) is 6.04. The largest absolute Gasteiger partial charge is 0.434 e. The number of halogens is 2. The molecule has 0 radical (unpaired) electrons. The van der Waals surface area contributed by atoms with Crippen molar-refractivity contribution in [1.29, 1.82) is 0 Å². The Kier molecular flexibility index (Phi) is 4.31. The molecule has 1 atom stereocenters. The zero-order chi connectivity index (χ0) is 12.1. The molecule has 1 heterocycles. The van der Waals surface area contributed by atoms with Crippen molar-refractivity contribution in [1.82, 2.24) is 5.32 Å². The van der Waals surface area contributed by atoms with Gasteiger partial charge in [0.1, 0.15) is 5.75 Å².